The largest absolute Gasteiger partial charge is 0.497 e. The standard InChI is InChI=1S/C18H15F3N2O4/c1-26-13-5-3-12(4-6-13)16-10-14(27-22-16)8-11-2-7-17(23(24)25)15(9-11)18(19,20)21/h2-7,9-10,14,22H,8H2,1H3. The smallest absolute Gasteiger partial charge is 0.423 e. The number of ether oxygens (including phenoxy) is 1. The van der Waals surface area contributed by atoms with Gasteiger partial charge in [0.05, 0.1) is 17.7 Å². The van der Waals surface area contributed by atoms with E-state index >= 15 is 0 Å². The van der Waals surface area contributed by atoms with Crippen LogP contribution < -0.4 is 10.2 Å². The predicted molar refractivity (Wildman–Crippen MR) is 90.8 cm³/mol. The molecule has 3 rings (SSSR count). The van der Waals surface area contributed by atoms with Gasteiger partial charge >= 0.3 is 6.18 Å². The van der Waals surface area contributed by atoms with Gasteiger partial charge in [0.25, 0.3) is 5.69 Å². The number of benzene rings is 2. The fourth-order valence-corrected chi connectivity index (χ4v) is 2.75. The Morgan fingerprint density at radius 3 is 2.52 bits per heavy atom. The van der Waals surface area contributed by atoms with E-state index in [0.717, 1.165) is 17.7 Å². The van der Waals surface area contributed by atoms with Crippen molar-refractivity contribution in [3.63, 3.8) is 0 Å². The summed E-state index contributed by atoms with van der Waals surface area (Å²) in [4.78, 5) is 15.2. The molecule has 1 aliphatic heterocycles. The summed E-state index contributed by atoms with van der Waals surface area (Å²) >= 11 is 0. The van der Waals surface area contributed by atoms with Crippen LogP contribution in [0.1, 0.15) is 16.7 Å². The van der Waals surface area contributed by atoms with E-state index < -0.39 is 28.5 Å². The Balaban J connectivity index is 1.79. The van der Waals surface area contributed by atoms with Crippen molar-refractivity contribution in [3.05, 3.63) is 75.3 Å². The van der Waals surface area contributed by atoms with E-state index in [4.69, 9.17) is 9.57 Å². The molecule has 0 radical (unpaired) electrons. The first-order chi connectivity index (χ1) is 12.8. The first kappa shape index (κ1) is 18.7. The highest BCUT2D eigenvalue weighted by molar-refractivity contribution is 5.65. The maximum atomic E-state index is 13.1. The van der Waals surface area contributed by atoms with Crippen LogP contribution >= 0.6 is 0 Å². The van der Waals surface area contributed by atoms with Gasteiger partial charge < -0.3 is 4.74 Å². The molecule has 27 heavy (non-hydrogen) atoms. The van der Waals surface area contributed by atoms with Crippen molar-refractivity contribution < 1.29 is 27.7 Å². The molecule has 0 saturated carbocycles. The molecular formula is C18H15F3N2O4. The lowest BCUT2D eigenvalue weighted by atomic mass is 10.0. The van der Waals surface area contributed by atoms with Crippen LogP contribution in [0.25, 0.3) is 5.70 Å². The van der Waals surface area contributed by atoms with Crippen molar-refractivity contribution in [2.75, 3.05) is 7.11 Å². The zero-order chi connectivity index (χ0) is 19.6. The molecule has 1 heterocycles. The summed E-state index contributed by atoms with van der Waals surface area (Å²) in [6, 6.07) is 10.1. The molecule has 0 fully saturated rings. The van der Waals surface area contributed by atoms with Crippen LogP contribution in [0.5, 0.6) is 5.75 Å². The molecule has 1 N–H and O–H groups in total. The van der Waals surface area contributed by atoms with Crippen molar-refractivity contribution in [1.29, 1.82) is 0 Å². The minimum atomic E-state index is -4.81. The van der Waals surface area contributed by atoms with E-state index in [0.29, 0.717) is 11.4 Å². The Morgan fingerprint density at radius 1 is 1.22 bits per heavy atom. The van der Waals surface area contributed by atoms with E-state index in [1.165, 1.54) is 6.07 Å². The van der Waals surface area contributed by atoms with Crippen molar-refractivity contribution in [3.8, 4) is 5.75 Å². The van der Waals surface area contributed by atoms with E-state index in [2.05, 4.69) is 5.48 Å². The van der Waals surface area contributed by atoms with E-state index in [1.54, 1.807) is 25.3 Å². The summed E-state index contributed by atoms with van der Waals surface area (Å²) in [7, 11) is 1.56. The van der Waals surface area contributed by atoms with E-state index in [1.807, 2.05) is 12.1 Å². The molecule has 142 valence electrons. The first-order valence-corrected chi connectivity index (χ1v) is 7.90. The van der Waals surface area contributed by atoms with Crippen molar-refractivity contribution in [2.24, 2.45) is 0 Å². The van der Waals surface area contributed by atoms with Crippen LogP contribution in [-0.4, -0.2) is 18.1 Å². The summed E-state index contributed by atoms with van der Waals surface area (Å²) < 4.78 is 44.3. The number of methoxy groups -OCH3 is 1. The number of nitrogens with zero attached hydrogens (tertiary/aromatic N) is 1. The Labute approximate surface area is 152 Å². The summed E-state index contributed by atoms with van der Waals surface area (Å²) in [6.07, 6.45) is -3.44. The molecular weight excluding hydrogens is 365 g/mol. The van der Waals surface area contributed by atoms with Crippen molar-refractivity contribution >= 4 is 11.4 Å². The summed E-state index contributed by atoms with van der Waals surface area (Å²) in [5.74, 6) is 0.695. The average Bonchev–Trinajstić information content (AvgIpc) is 3.09. The highest BCUT2D eigenvalue weighted by atomic mass is 19.4. The van der Waals surface area contributed by atoms with Gasteiger partial charge in [0.2, 0.25) is 0 Å². The van der Waals surface area contributed by atoms with E-state index in [9.17, 15) is 23.3 Å². The van der Waals surface area contributed by atoms with Gasteiger partial charge in [-0.05, 0) is 47.5 Å². The Kier molecular flexibility index (Phi) is 5.04. The van der Waals surface area contributed by atoms with Crippen LogP contribution in [-0.2, 0) is 17.4 Å². The molecule has 0 aromatic heterocycles. The van der Waals surface area contributed by atoms with Gasteiger partial charge in [-0.25, -0.2) is 0 Å². The van der Waals surface area contributed by atoms with Crippen molar-refractivity contribution in [2.45, 2.75) is 18.7 Å². The maximum absolute atomic E-state index is 13.1. The third kappa shape index (κ3) is 4.20. The quantitative estimate of drug-likeness (QED) is 0.624. The minimum absolute atomic E-state index is 0.133. The van der Waals surface area contributed by atoms with Crippen molar-refractivity contribution in [1.82, 2.24) is 5.48 Å². The lowest BCUT2D eigenvalue weighted by molar-refractivity contribution is -0.388. The van der Waals surface area contributed by atoms with Gasteiger partial charge in [-0.1, -0.05) is 6.07 Å². The molecule has 1 unspecified atom stereocenters. The Bertz CT molecular complexity index is 879. The Morgan fingerprint density at radius 2 is 1.93 bits per heavy atom. The van der Waals surface area contributed by atoms with Crippen LogP contribution in [0.15, 0.2) is 48.5 Å². The number of hydrogen-bond acceptors (Lipinski definition) is 5. The molecule has 0 amide bonds. The lowest BCUT2D eigenvalue weighted by Crippen LogP contribution is -2.15. The van der Waals surface area contributed by atoms with E-state index in [-0.39, 0.29) is 12.0 Å². The highest BCUT2D eigenvalue weighted by Gasteiger charge is 2.38. The molecule has 0 aliphatic carbocycles. The molecule has 9 heteroatoms. The number of nitro benzene ring substituents is 1. The molecule has 0 bridgehead atoms. The van der Waals surface area contributed by atoms with Crippen LogP contribution in [0, 0.1) is 10.1 Å². The molecule has 0 saturated heterocycles. The molecule has 0 spiro atoms. The zero-order valence-corrected chi connectivity index (χ0v) is 14.1. The van der Waals surface area contributed by atoms with Gasteiger partial charge in [-0.2, -0.15) is 13.2 Å². The second kappa shape index (κ2) is 7.28. The topological polar surface area (TPSA) is 73.6 Å². The number of hydroxylamine groups is 1. The second-order valence-electron chi connectivity index (χ2n) is 5.88. The summed E-state index contributed by atoms with van der Waals surface area (Å²) in [6.45, 7) is 0. The third-order valence-corrected chi connectivity index (χ3v) is 4.07. The number of alkyl halides is 3. The molecule has 1 atom stereocenters. The fourth-order valence-electron chi connectivity index (χ4n) is 2.75. The minimum Gasteiger partial charge on any atom is -0.497 e. The summed E-state index contributed by atoms with van der Waals surface area (Å²) in [5.41, 5.74) is 2.31. The van der Waals surface area contributed by atoms with Crippen LogP contribution in [0.2, 0.25) is 0 Å². The Hall–Kier alpha value is -3.07. The normalized spacial score (nSPS) is 16.6. The first-order valence-electron chi connectivity index (χ1n) is 7.90. The maximum Gasteiger partial charge on any atom is 0.423 e. The number of nitrogens with one attached hydrogen (secondary N) is 1. The van der Waals surface area contributed by atoms with Gasteiger partial charge in [0.15, 0.2) is 0 Å². The number of rotatable bonds is 5. The third-order valence-electron chi connectivity index (χ3n) is 4.07. The lowest BCUT2D eigenvalue weighted by Gasteiger charge is -2.11. The fraction of sp³-hybridized carbons (Fsp3) is 0.222. The molecule has 1 aliphatic rings. The monoisotopic (exact) mass is 380 g/mol. The van der Waals surface area contributed by atoms with Crippen LogP contribution in [0.4, 0.5) is 18.9 Å². The van der Waals surface area contributed by atoms with Gasteiger partial charge in [-0.3, -0.25) is 20.4 Å². The average molecular weight is 380 g/mol. The zero-order valence-electron chi connectivity index (χ0n) is 14.1. The molecule has 6 nitrogen and oxygen atoms in total. The molecule has 2 aromatic carbocycles. The number of halogens is 3. The SMILES string of the molecule is COc1ccc(C2=CC(Cc3ccc([N+](=O)[O-])c(C(F)(F)F)c3)ON2)cc1. The second-order valence-corrected chi connectivity index (χ2v) is 5.88. The predicted octanol–water partition coefficient (Wildman–Crippen LogP) is 4.11. The highest BCUT2D eigenvalue weighted by Crippen LogP contribution is 2.37. The molecule has 2 aromatic rings. The number of hydrogen-bond donors (Lipinski definition) is 1. The van der Waals surface area contributed by atoms with Gasteiger partial charge in [-0.15, -0.1) is 0 Å². The van der Waals surface area contributed by atoms with Gasteiger partial charge in [0.1, 0.15) is 17.4 Å². The summed E-state index contributed by atoms with van der Waals surface area (Å²) in [5, 5.41) is 10.8. The number of nitro groups is 1. The van der Waals surface area contributed by atoms with Crippen LogP contribution in [0.3, 0.4) is 0 Å². The van der Waals surface area contributed by atoms with Gasteiger partial charge in [0, 0.05) is 12.5 Å².